The summed E-state index contributed by atoms with van der Waals surface area (Å²) in [6.45, 7) is 3.75. The Bertz CT molecular complexity index is 321. The third kappa shape index (κ3) is 1.78. The number of rotatable bonds is 2. The second-order valence-electron chi connectivity index (χ2n) is 2.83. The first-order valence-electron chi connectivity index (χ1n) is 3.65. The van der Waals surface area contributed by atoms with Gasteiger partial charge in [-0.2, -0.15) is 0 Å². The fourth-order valence-corrected chi connectivity index (χ4v) is 0.849. The molecule has 0 aliphatic carbocycles. The number of aromatic nitrogens is 3. The molecule has 0 spiro atoms. The Labute approximate surface area is 70.9 Å². The second kappa shape index (κ2) is 3.30. The van der Waals surface area contributed by atoms with Gasteiger partial charge in [-0.25, -0.2) is 4.68 Å². The molecule has 0 unspecified atom stereocenters. The number of aryl methyl sites for hydroxylation is 1. The number of hydrogen-bond acceptors (Lipinski definition) is 3. The zero-order valence-corrected chi connectivity index (χ0v) is 7.40. The monoisotopic (exact) mass is 165 g/mol. The zero-order chi connectivity index (χ0) is 9.14. The van der Waals surface area contributed by atoms with Crippen LogP contribution >= 0.6 is 0 Å². The Morgan fingerprint density at radius 1 is 1.58 bits per heavy atom. The SMILES string of the molecule is CC(C)=CC(=O)c1cnnn1C. The summed E-state index contributed by atoms with van der Waals surface area (Å²) in [4.78, 5) is 11.4. The van der Waals surface area contributed by atoms with Crippen molar-refractivity contribution in [2.75, 3.05) is 0 Å². The zero-order valence-electron chi connectivity index (χ0n) is 7.40. The number of hydrogen-bond donors (Lipinski definition) is 0. The first-order chi connectivity index (χ1) is 5.61. The van der Waals surface area contributed by atoms with Crippen molar-refractivity contribution in [1.29, 1.82) is 0 Å². The van der Waals surface area contributed by atoms with Crippen molar-refractivity contribution in [3.8, 4) is 0 Å². The molecule has 0 fully saturated rings. The predicted octanol–water partition coefficient (Wildman–Crippen LogP) is 0.964. The molecule has 0 aliphatic heterocycles. The van der Waals surface area contributed by atoms with Crippen molar-refractivity contribution < 1.29 is 4.79 Å². The summed E-state index contributed by atoms with van der Waals surface area (Å²) in [5.41, 5.74) is 1.48. The first kappa shape index (κ1) is 8.64. The molecular weight excluding hydrogens is 154 g/mol. The molecule has 0 saturated heterocycles. The normalized spacial score (nSPS) is 9.58. The summed E-state index contributed by atoms with van der Waals surface area (Å²) in [7, 11) is 1.69. The summed E-state index contributed by atoms with van der Waals surface area (Å²) in [6, 6.07) is 0. The molecule has 1 rings (SSSR count). The van der Waals surface area contributed by atoms with Crippen LogP contribution in [-0.4, -0.2) is 20.8 Å². The Hall–Kier alpha value is -1.45. The van der Waals surface area contributed by atoms with Crippen molar-refractivity contribution >= 4 is 5.78 Å². The molecular formula is C8H11N3O. The van der Waals surface area contributed by atoms with Crippen LogP contribution in [0.4, 0.5) is 0 Å². The molecule has 12 heavy (non-hydrogen) atoms. The largest absolute Gasteiger partial charge is 0.287 e. The molecule has 1 aromatic heterocycles. The molecule has 0 saturated carbocycles. The number of carbonyl (C=O) groups is 1. The van der Waals surface area contributed by atoms with Crippen molar-refractivity contribution in [2.45, 2.75) is 13.8 Å². The van der Waals surface area contributed by atoms with Crippen molar-refractivity contribution in [2.24, 2.45) is 7.05 Å². The van der Waals surface area contributed by atoms with Gasteiger partial charge >= 0.3 is 0 Å². The lowest BCUT2D eigenvalue weighted by Gasteiger charge is -1.94. The third-order valence-electron chi connectivity index (χ3n) is 1.39. The maximum Gasteiger partial charge on any atom is 0.205 e. The average Bonchev–Trinajstić information content (AvgIpc) is 2.33. The van der Waals surface area contributed by atoms with Crippen LogP contribution in [-0.2, 0) is 7.05 Å². The van der Waals surface area contributed by atoms with E-state index in [-0.39, 0.29) is 5.78 Å². The topological polar surface area (TPSA) is 47.8 Å². The van der Waals surface area contributed by atoms with E-state index in [2.05, 4.69) is 10.3 Å². The van der Waals surface area contributed by atoms with Crippen LogP contribution in [0.3, 0.4) is 0 Å². The van der Waals surface area contributed by atoms with E-state index >= 15 is 0 Å². The number of ketones is 1. The maximum atomic E-state index is 11.4. The third-order valence-corrected chi connectivity index (χ3v) is 1.39. The molecule has 1 aromatic rings. The molecule has 1 heterocycles. The Balaban J connectivity index is 2.93. The van der Waals surface area contributed by atoms with E-state index in [0.29, 0.717) is 5.69 Å². The second-order valence-corrected chi connectivity index (χ2v) is 2.83. The van der Waals surface area contributed by atoms with E-state index in [1.54, 1.807) is 13.1 Å². The fraction of sp³-hybridized carbons (Fsp3) is 0.375. The molecule has 64 valence electrons. The predicted molar refractivity (Wildman–Crippen MR) is 44.8 cm³/mol. The highest BCUT2D eigenvalue weighted by molar-refractivity contribution is 6.03. The highest BCUT2D eigenvalue weighted by atomic mass is 16.1. The van der Waals surface area contributed by atoms with Crippen molar-refractivity contribution in [1.82, 2.24) is 15.0 Å². The molecule has 0 amide bonds. The summed E-state index contributed by atoms with van der Waals surface area (Å²) in [6.07, 6.45) is 3.03. The van der Waals surface area contributed by atoms with E-state index < -0.39 is 0 Å². The van der Waals surface area contributed by atoms with Crippen LogP contribution < -0.4 is 0 Å². The highest BCUT2D eigenvalue weighted by Gasteiger charge is 2.06. The fourth-order valence-electron chi connectivity index (χ4n) is 0.849. The maximum absolute atomic E-state index is 11.4. The van der Waals surface area contributed by atoms with Gasteiger partial charge in [0.15, 0.2) is 0 Å². The average molecular weight is 165 g/mol. The van der Waals surface area contributed by atoms with Gasteiger partial charge in [-0.1, -0.05) is 10.8 Å². The summed E-state index contributed by atoms with van der Waals surface area (Å²) in [5.74, 6) is -0.0532. The number of allylic oxidation sites excluding steroid dienone is 2. The highest BCUT2D eigenvalue weighted by Crippen LogP contribution is 1.99. The van der Waals surface area contributed by atoms with Gasteiger partial charge in [-0.15, -0.1) is 5.10 Å². The van der Waals surface area contributed by atoms with Gasteiger partial charge in [0.25, 0.3) is 0 Å². The minimum Gasteiger partial charge on any atom is -0.287 e. The molecule has 0 aliphatic rings. The molecule has 0 atom stereocenters. The number of carbonyl (C=O) groups excluding carboxylic acids is 1. The first-order valence-corrected chi connectivity index (χ1v) is 3.65. The van der Waals surface area contributed by atoms with Gasteiger partial charge in [0.1, 0.15) is 5.69 Å². The van der Waals surface area contributed by atoms with E-state index in [1.165, 1.54) is 10.9 Å². The minimum atomic E-state index is -0.0532. The molecule has 0 N–H and O–H groups in total. The summed E-state index contributed by atoms with van der Waals surface area (Å²) >= 11 is 0. The van der Waals surface area contributed by atoms with Gasteiger partial charge in [0, 0.05) is 7.05 Å². The molecule has 4 nitrogen and oxygen atoms in total. The van der Waals surface area contributed by atoms with Gasteiger partial charge in [-0.05, 0) is 19.9 Å². The van der Waals surface area contributed by atoms with Crippen LogP contribution in [0.1, 0.15) is 24.3 Å². The standard InChI is InChI=1S/C8H11N3O/c1-6(2)4-8(12)7-5-9-10-11(7)3/h4-5H,1-3H3. The molecule has 0 aromatic carbocycles. The van der Waals surface area contributed by atoms with Crippen molar-refractivity contribution in [3.05, 3.63) is 23.5 Å². The van der Waals surface area contributed by atoms with Crippen LogP contribution in [0.5, 0.6) is 0 Å². The minimum absolute atomic E-state index is 0.0532. The van der Waals surface area contributed by atoms with Crippen LogP contribution in [0.15, 0.2) is 17.8 Å². The Kier molecular flexibility index (Phi) is 2.38. The molecule has 4 heteroatoms. The lowest BCUT2D eigenvalue weighted by atomic mass is 10.2. The lowest BCUT2D eigenvalue weighted by molar-refractivity contribution is 0.103. The molecule has 0 radical (unpaired) electrons. The Morgan fingerprint density at radius 2 is 2.25 bits per heavy atom. The molecule has 0 bridgehead atoms. The quantitative estimate of drug-likeness (QED) is 0.484. The van der Waals surface area contributed by atoms with Gasteiger partial charge in [0.05, 0.1) is 6.20 Å². The van der Waals surface area contributed by atoms with Crippen molar-refractivity contribution in [3.63, 3.8) is 0 Å². The van der Waals surface area contributed by atoms with Crippen LogP contribution in [0.2, 0.25) is 0 Å². The summed E-state index contributed by atoms with van der Waals surface area (Å²) in [5, 5.41) is 7.27. The van der Waals surface area contributed by atoms with E-state index in [1.807, 2.05) is 13.8 Å². The smallest absolute Gasteiger partial charge is 0.205 e. The van der Waals surface area contributed by atoms with Gasteiger partial charge < -0.3 is 0 Å². The van der Waals surface area contributed by atoms with E-state index in [0.717, 1.165) is 5.57 Å². The van der Waals surface area contributed by atoms with Crippen LogP contribution in [0.25, 0.3) is 0 Å². The van der Waals surface area contributed by atoms with E-state index in [9.17, 15) is 4.79 Å². The Morgan fingerprint density at radius 3 is 2.67 bits per heavy atom. The van der Waals surface area contributed by atoms with Gasteiger partial charge in [-0.3, -0.25) is 4.79 Å². The summed E-state index contributed by atoms with van der Waals surface area (Å²) < 4.78 is 1.46. The number of nitrogens with zero attached hydrogens (tertiary/aromatic N) is 3. The van der Waals surface area contributed by atoms with Gasteiger partial charge in [0.2, 0.25) is 5.78 Å². The van der Waals surface area contributed by atoms with E-state index in [4.69, 9.17) is 0 Å². The van der Waals surface area contributed by atoms with Crippen LogP contribution in [0, 0.1) is 0 Å². The lowest BCUT2D eigenvalue weighted by Crippen LogP contribution is -2.04.